The summed E-state index contributed by atoms with van der Waals surface area (Å²) < 4.78 is 13.8. The highest BCUT2D eigenvalue weighted by Crippen LogP contribution is 2.62. The highest BCUT2D eigenvalue weighted by molar-refractivity contribution is 6.13. The van der Waals surface area contributed by atoms with Crippen molar-refractivity contribution in [3.05, 3.63) is 299 Å². The third-order valence-corrected chi connectivity index (χ3v) is 17.9. The number of furan rings is 2. The molecule has 4 nitrogen and oxygen atoms in total. The van der Waals surface area contributed by atoms with Crippen molar-refractivity contribution in [3.63, 3.8) is 0 Å². The summed E-state index contributed by atoms with van der Waals surface area (Å²) in [5.41, 5.74) is 23.4. The maximum Gasteiger partial charge on any atom is 0.159 e. The standard InChI is InChI=1S/C79H58N2O2/c1-49(2)51-33-39-56(40-34-51)80(72-27-15-24-65-62-19-9-12-29-74(62)82-77(65)72)58-43-37-54-31-32-55-38-44-59(81(57-41-35-52(36-42-57)50(3)4)73-28-16-25-66-63-20-10-13-30-75(63)83-78(66)73)48-71(55)79(70(54)47-58)68-26-11-8-21-67(68)76-64-23-14-22-60(53-17-6-5-7-18-53)61(64)45-46-69(76)79/h5-50H,1-4H3. The first-order chi connectivity index (χ1) is 40.8. The lowest BCUT2D eigenvalue weighted by molar-refractivity contribution is 0.668. The summed E-state index contributed by atoms with van der Waals surface area (Å²) in [6.07, 6.45) is 4.70. The van der Waals surface area contributed by atoms with Gasteiger partial charge in [-0.25, -0.2) is 0 Å². The van der Waals surface area contributed by atoms with Crippen molar-refractivity contribution >= 4 is 101 Å². The predicted octanol–water partition coefficient (Wildman–Crippen LogP) is 22.3. The van der Waals surface area contributed by atoms with Gasteiger partial charge in [0.2, 0.25) is 0 Å². The van der Waals surface area contributed by atoms with E-state index in [1.807, 2.05) is 0 Å². The van der Waals surface area contributed by atoms with Crippen LogP contribution in [-0.2, 0) is 5.41 Å². The fourth-order valence-corrected chi connectivity index (χ4v) is 13.9. The Kier molecular flexibility index (Phi) is 11.1. The van der Waals surface area contributed by atoms with E-state index >= 15 is 0 Å². The molecule has 16 rings (SSSR count). The smallest absolute Gasteiger partial charge is 0.159 e. The number of fused-ring (bicyclic) bond motifs is 17. The van der Waals surface area contributed by atoms with Crippen LogP contribution in [0.25, 0.3) is 89.1 Å². The topological polar surface area (TPSA) is 32.8 Å². The number of benzene rings is 12. The molecule has 0 amide bonds. The Bertz CT molecular complexity index is 4700. The maximum atomic E-state index is 6.92. The zero-order valence-electron chi connectivity index (χ0n) is 46.8. The lowest BCUT2D eigenvalue weighted by Gasteiger charge is -2.37. The van der Waals surface area contributed by atoms with Crippen molar-refractivity contribution < 1.29 is 8.83 Å². The van der Waals surface area contributed by atoms with Gasteiger partial charge in [-0.3, -0.25) is 0 Å². The fraction of sp³-hybridized carbons (Fsp3) is 0.0886. The third-order valence-electron chi connectivity index (χ3n) is 17.9. The first-order valence-electron chi connectivity index (χ1n) is 29.1. The largest absolute Gasteiger partial charge is 0.454 e. The van der Waals surface area contributed by atoms with Gasteiger partial charge in [0.15, 0.2) is 11.2 Å². The number of hydrogen-bond acceptors (Lipinski definition) is 4. The van der Waals surface area contributed by atoms with Crippen LogP contribution in [0.3, 0.4) is 0 Å². The molecule has 12 aromatic carbocycles. The quantitative estimate of drug-likeness (QED) is 0.144. The van der Waals surface area contributed by atoms with Gasteiger partial charge in [-0.1, -0.05) is 222 Å². The number of hydrogen-bond donors (Lipinski definition) is 0. The molecular weight excluding hydrogens is 1010 g/mol. The van der Waals surface area contributed by atoms with Crippen LogP contribution in [0.4, 0.5) is 34.1 Å². The summed E-state index contributed by atoms with van der Waals surface area (Å²) in [5, 5.41) is 6.82. The SMILES string of the molecule is CC(C)c1ccc(N(c2ccc3c(c2)C2(c4cc(N(c5ccc(C(C)C)cc5)c5cccc6c5oc5ccccc56)ccc4C=C3)c3ccccc3-c3c2ccc2c(-c4ccccc4)cccc32)c2cccc3c2oc2ccccc23)cc1. The van der Waals surface area contributed by atoms with Crippen molar-refractivity contribution in [1.82, 2.24) is 0 Å². The summed E-state index contributed by atoms with van der Waals surface area (Å²) in [5.74, 6) is 0.759. The molecule has 0 fully saturated rings. The van der Waals surface area contributed by atoms with Crippen molar-refractivity contribution in [3.8, 4) is 22.3 Å². The number of rotatable bonds is 9. The molecule has 396 valence electrons. The van der Waals surface area contributed by atoms with Crippen LogP contribution in [0.5, 0.6) is 0 Å². The Morgan fingerprint density at radius 1 is 0.325 bits per heavy atom. The van der Waals surface area contributed by atoms with Gasteiger partial charge in [-0.2, -0.15) is 0 Å². The summed E-state index contributed by atoms with van der Waals surface area (Å²) in [6, 6.07) is 94.2. The fourth-order valence-electron chi connectivity index (χ4n) is 13.9. The van der Waals surface area contributed by atoms with E-state index in [4.69, 9.17) is 8.83 Å². The Morgan fingerprint density at radius 2 is 0.783 bits per heavy atom. The molecule has 0 aliphatic heterocycles. The first-order valence-corrected chi connectivity index (χ1v) is 29.1. The first kappa shape index (κ1) is 48.7. The monoisotopic (exact) mass is 1070 g/mol. The van der Waals surface area contributed by atoms with E-state index in [-0.39, 0.29) is 0 Å². The molecule has 1 spiro atoms. The maximum absolute atomic E-state index is 6.92. The molecular formula is C79H58N2O2. The zero-order chi connectivity index (χ0) is 55.5. The number of anilines is 6. The predicted molar refractivity (Wildman–Crippen MR) is 348 cm³/mol. The molecule has 0 atom stereocenters. The molecule has 83 heavy (non-hydrogen) atoms. The van der Waals surface area contributed by atoms with Gasteiger partial charge in [0, 0.05) is 44.3 Å². The minimum atomic E-state index is -0.833. The number of nitrogens with zero attached hydrogens (tertiary/aromatic N) is 2. The average Bonchev–Trinajstić information content (AvgIpc) is 2.56. The van der Waals surface area contributed by atoms with Crippen LogP contribution in [-0.4, -0.2) is 0 Å². The molecule has 0 saturated heterocycles. The summed E-state index contributed by atoms with van der Waals surface area (Å²) in [7, 11) is 0. The van der Waals surface area contributed by atoms with E-state index in [2.05, 4.69) is 304 Å². The molecule has 0 bridgehead atoms. The lowest BCUT2D eigenvalue weighted by Crippen LogP contribution is -2.30. The molecule has 2 aliphatic rings. The summed E-state index contributed by atoms with van der Waals surface area (Å²) in [4.78, 5) is 4.83. The molecule has 4 heteroatoms. The van der Waals surface area contributed by atoms with E-state index in [1.165, 1.54) is 66.4 Å². The third kappa shape index (κ3) is 7.45. The van der Waals surface area contributed by atoms with Gasteiger partial charge in [0.05, 0.1) is 16.8 Å². The van der Waals surface area contributed by atoms with Gasteiger partial charge in [-0.05, 0) is 162 Å². The van der Waals surface area contributed by atoms with Gasteiger partial charge >= 0.3 is 0 Å². The van der Waals surface area contributed by atoms with E-state index in [1.54, 1.807) is 0 Å². The van der Waals surface area contributed by atoms with Crippen molar-refractivity contribution in [2.45, 2.75) is 44.9 Å². The van der Waals surface area contributed by atoms with Gasteiger partial charge in [0.25, 0.3) is 0 Å². The molecule has 14 aromatic rings. The van der Waals surface area contributed by atoms with E-state index in [0.29, 0.717) is 11.8 Å². The Balaban J connectivity index is 1.00. The molecule has 2 aliphatic carbocycles. The Hall–Kier alpha value is -10.2. The molecule has 2 heterocycles. The van der Waals surface area contributed by atoms with Gasteiger partial charge < -0.3 is 18.6 Å². The minimum absolute atomic E-state index is 0.379. The zero-order valence-corrected chi connectivity index (χ0v) is 46.8. The van der Waals surface area contributed by atoms with Crippen molar-refractivity contribution in [2.75, 3.05) is 9.80 Å². The summed E-state index contributed by atoms with van der Waals surface area (Å²) in [6.45, 7) is 9.03. The Morgan fingerprint density at radius 3 is 1.34 bits per heavy atom. The molecule has 0 radical (unpaired) electrons. The van der Waals surface area contributed by atoms with E-state index < -0.39 is 5.41 Å². The highest BCUT2D eigenvalue weighted by Gasteiger charge is 2.50. The minimum Gasteiger partial charge on any atom is -0.454 e. The second kappa shape index (κ2) is 19.0. The van der Waals surface area contributed by atoms with Crippen LogP contribution in [0.1, 0.15) is 84.0 Å². The van der Waals surface area contributed by atoms with Crippen molar-refractivity contribution in [1.29, 1.82) is 0 Å². The normalized spacial score (nSPS) is 13.1. The van der Waals surface area contributed by atoms with Crippen LogP contribution >= 0.6 is 0 Å². The molecule has 2 aromatic heterocycles. The second-order valence-corrected chi connectivity index (χ2v) is 23.1. The van der Waals surface area contributed by atoms with Crippen LogP contribution in [0.15, 0.2) is 264 Å². The number of para-hydroxylation sites is 4. The van der Waals surface area contributed by atoms with Crippen LogP contribution in [0.2, 0.25) is 0 Å². The highest BCUT2D eigenvalue weighted by atomic mass is 16.3. The van der Waals surface area contributed by atoms with Crippen molar-refractivity contribution in [2.24, 2.45) is 0 Å². The van der Waals surface area contributed by atoms with Gasteiger partial charge in [-0.15, -0.1) is 0 Å². The molecule has 0 unspecified atom stereocenters. The average molecular weight is 1070 g/mol. The van der Waals surface area contributed by atoms with E-state index in [9.17, 15) is 0 Å². The lowest BCUT2D eigenvalue weighted by atomic mass is 9.65. The van der Waals surface area contributed by atoms with Crippen LogP contribution < -0.4 is 9.80 Å². The van der Waals surface area contributed by atoms with Crippen LogP contribution in [0, 0.1) is 0 Å². The van der Waals surface area contributed by atoms with E-state index in [0.717, 1.165) is 89.1 Å². The Labute approximate surface area is 483 Å². The summed E-state index contributed by atoms with van der Waals surface area (Å²) >= 11 is 0. The second-order valence-electron chi connectivity index (χ2n) is 23.1. The van der Waals surface area contributed by atoms with Gasteiger partial charge in [0.1, 0.15) is 11.2 Å². The molecule has 0 N–H and O–H groups in total. The molecule has 0 saturated carbocycles.